The van der Waals surface area contributed by atoms with Crippen LogP contribution in [0.15, 0.2) is 44.2 Å². The molecule has 2 aromatic heterocycles. The lowest BCUT2D eigenvalue weighted by Crippen LogP contribution is -1.99. The van der Waals surface area contributed by atoms with E-state index in [-0.39, 0.29) is 0 Å². The number of thiophene rings is 1. The van der Waals surface area contributed by atoms with Crippen molar-refractivity contribution in [2.45, 2.75) is 32.6 Å². The number of nitrogens with zero attached hydrogens (tertiary/aromatic N) is 2. The van der Waals surface area contributed by atoms with Gasteiger partial charge in [-0.3, -0.25) is 0 Å². The fraction of sp³-hybridized carbons (Fsp3) is 0.238. The molecular formula is C21H17BrN2OS. The molecule has 3 nitrogen and oxygen atoms in total. The Morgan fingerprint density at radius 2 is 2.08 bits per heavy atom. The number of rotatable bonds is 3. The van der Waals surface area contributed by atoms with Gasteiger partial charge in [-0.1, -0.05) is 22.0 Å². The Bertz CT molecular complexity index is 1040. The Kier molecular flexibility index (Phi) is 4.80. The first kappa shape index (κ1) is 17.3. The van der Waals surface area contributed by atoms with Crippen molar-refractivity contribution in [1.82, 2.24) is 0 Å². The Labute approximate surface area is 165 Å². The minimum atomic E-state index is 0.683. The van der Waals surface area contributed by atoms with Crippen LogP contribution < -0.4 is 0 Å². The summed E-state index contributed by atoms with van der Waals surface area (Å²) in [5, 5.41) is 10.3. The Hall–Kier alpha value is -2.16. The van der Waals surface area contributed by atoms with Crippen LogP contribution in [-0.2, 0) is 12.8 Å². The summed E-state index contributed by atoms with van der Waals surface area (Å²) in [6, 6.07) is 12.4. The van der Waals surface area contributed by atoms with E-state index >= 15 is 0 Å². The summed E-state index contributed by atoms with van der Waals surface area (Å²) in [6.45, 7) is 2.06. The fourth-order valence-corrected chi connectivity index (χ4v) is 5.14. The second-order valence-electron chi connectivity index (χ2n) is 6.45. The van der Waals surface area contributed by atoms with Crippen molar-refractivity contribution in [3.05, 3.63) is 62.1 Å². The van der Waals surface area contributed by atoms with E-state index in [9.17, 15) is 5.26 Å². The van der Waals surface area contributed by atoms with Crippen LogP contribution in [0.4, 0.5) is 5.00 Å². The molecule has 1 aromatic carbocycles. The molecule has 0 amide bonds. The molecule has 0 fully saturated rings. The number of fused-ring (bicyclic) bond motifs is 1. The van der Waals surface area contributed by atoms with Crippen LogP contribution in [0.3, 0.4) is 0 Å². The highest BCUT2D eigenvalue weighted by molar-refractivity contribution is 9.10. The van der Waals surface area contributed by atoms with E-state index in [0.29, 0.717) is 5.76 Å². The summed E-state index contributed by atoms with van der Waals surface area (Å²) in [5.74, 6) is 1.48. The van der Waals surface area contributed by atoms with Gasteiger partial charge in [0.05, 0.1) is 11.8 Å². The summed E-state index contributed by atoms with van der Waals surface area (Å²) in [4.78, 5) is 5.88. The quantitative estimate of drug-likeness (QED) is 0.445. The van der Waals surface area contributed by atoms with Gasteiger partial charge < -0.3 is 4.42 Å². The van der Waals surface area contributed by atoms with Crippen LogP contribution >= 0.6 is 27.3 Å². The maximum atomic E-state index is 9.52. The molecular weight excluding hydrogens is 408 g/mol. The maximum Gasteiger partial charge on any atom is 0.145 e. The predicted molar refractivity (Wildman–Crippen MR) is 110 cm³/mol. The third-order valence-electron chi connectivity index (χ3n) is 4.59. The van der Waals surface area contributed by atoms with Crippen LogP contribution in [0, 0.1) is 18.3 Å². The zero-order valence-electron chi connectivity index (χ0n) is 14.4. The molecule has 0 N–H and O–H groups in total. The molecule has 0 spiro atoms. The summed E-state index contributed by atoms with van der Waals surface area (Å²) < 4.78 is 6.94. The van der Waals surface area contributed by atoms with Gasteiger partial charge in [-0.05, 0) is 68.0 Å². The van der Waals surface area contributed by atoms with Crippen molar-refractivity contribution in [2.24, 2.45) is 4.99 Å². The summed E-state index contributed by atoms with van der Waals surface area (Å²) >= 11 is 5.24. The molecule has 5 heteroatoms. The molecule has 0 saturated carbocycles. The third kappa shape index (κ3) is 3.27. The van der Waals surface area contributed by atoms with E-state index in [4.69, 9.17) is 4.42 Å². The number of hydrogen-bond acceptors (Lipinski definition) is 4. The molecule has 0 radical (unpaired) electrons. The summed E-state index contributed by atoms with van der Waals surface area (Å²) in [5.41, 5.74) is 4.16. The maximum absolute atomic E-state index is 9.52. The number of furan rings is 1. The van der Waals surface area contributed by atoms with Gasteiger partial charge in [0.15, 0.2) is 0 Å². The van der Waals surface area contributed by atoms with E-state index in [2.05, 4.69) is 46.0 Å². The molecule has 26 heavy (non-hydrogen) atoms. The predicted octanol–water partition coefficient (Wildman–Crippen LogP) is 6.58. The fourth-order valence-electron chi connectivity index (χ4n) is 3.27. The first-order valence-electron chi connectivity index (χ1n) is 8.61. The second-order valence-corrected chi connectivity index (χ2v) is 8.38. The molecule has 2 heterocycles. The van der Waals surface area contributed by atoms with Crippen molar-refractivity contribution in [3.63, 3.8) is 0 Å². The first-order valence-corrected chi connectivity index (χ1v) is 10.2. The van der Waals surface area contributed by atoms with E-state index in [1.54, 1.807) is 17.6 Å². The lowest BCUT2D eigenvalue weighted by molar-refractivity contribution is 0.575. The molecule has 0 bridgehead atoms. The van der Waals surface area contributed by atoms with Crippen LogP contribution in [0.25, 0.3) is 11.3 Å². The Morgan fingerprint density at radius 1 is 1.23 bits per heavy atom. The van der Waals surface area contributed by atoms with Crippen molar-refractivity contribution in [2.75, 3.05) is 0 Å². The van der Waals surface area contributed by atoms with Gasteiger partial charge in [0, 0.05) is 14.9 Å². The molecule has 1 aliphatic rings. The standard InChI is InChI=1S/C21H17BrN2OS/c1-13-6-8-16(18(22)10-13)19-9-7-14(25-19)12-24-21-17(11-23)15-4-2-3-5-20(15)26-21/h6-10,12H,2-5H2,1H3. The monoisotopic (exact) mass is 424 g/mol. The van der Waals surface area contributed by atoms with Gasteiger partial charge in [0.25, 0.3) is 0 Å². The Balaban J connectivity index is 1.62. The van der Waals surface area contributed by atoms with Crippen LogP contribution in [-0.4, -0.2) is 6.21 Å². The van der Waals surface area contributed by atoms with Crippen molar-refractivity contribution in [3.8, 4) is 17.4 Å². The normalized spacial score (nSPS) is 13.7. The number of aryl methyl sites for hydroxylation is 2. The Morgan fingerprint density at radius 3 is 2.88 bits per heavy atom. The van der Waals surface area contributed by atoms with Gasteiger partial charge in [-0.25, -0.2) is 4.99 Å². The highest BCUT2D eigenvalue weighted by Gasteiger charge is 2.20. The van der Waals surface area contributed by atoms with Crippen molar-refractivity contribution < 1.29 is 4.42 Å². The van der Waals surface area contributed by atoms with E-state index in [1.165, 1.54) is 22.4 Å². The summed E-state index contributed by atoms with van der Waals surface area (Å²) in [7, 11) is 0. The average molecular weight is 425 g/mol. The average Bonchev–Trinajstić information content (AvgIpc) is 3.23. The van der Waals surface area contributed by atoms with E-state index in [1.807, 2.05) is 18.2 Å². The molecule has 1 aliphatic carbocycles. The number of halogens is 1. The van der Waals surface area contributed by atoms with Crippen molar-refractivity contribution >= 4 is 38.5 Å². The van der Waals surface area contributed by atoms with Crippen molar-refractivity contribution in [1.29, 1.82) is 5.26 Å². The second kappa shape index (κ2) is 7.22. The van der Waals surface area contributed by atoms with E-state index < -0.39 is 0 Å². The number of aliphatic imine (C=N–C) groups is 1. The zero-order chi connectivity index (χ0) is 18.1. The minimum absolute atomic E-state index is 0.683. The van der Waals surface area contributed by atoms with Gasteiger partial charge >= 0.3 is 0 Å². The molecule has 0 atom stereocenters. The number of nitriles is 1. The minimum Gasteiger partial charge on any atom is -0.455 e. The largest absolute Gasteiger partial charge is 0.455 e. The van der Waals surface area contributed by atoms with Crippen LogP contribution in [0.5, 0.6) is 0 Å². The molecule has 0 aliphatic heterocycles. The topological polar surface area (TPSA) is 49.3 Å². The highest BCUT2D eigenvalue weighted by Crippen LogP contribution is 2.39. The molecule has 0 saturated heterocycles. The molecule has 130 valence electrons. The highest BCUT2D eigenvalue weighted by atomic mass is 79.9. The number of benzene rings is 1. The van der Waals surface area contributed by atoms with Gasteiger partial charge in [0.2, 0.25) is 0 Å². The first-order chi connectivity index (χ1) is 12.7. The van der Waals surface area contributed by atoms with Gasteiger partial charge in [0.1, 0.15) is 22.6 Å². The lowest BCUT2D eigenvalue weighted by atomic mass is 9.96. The third-order valence-corrected chi connectivity index (χ3v) is 6.45. The smallest absolute Gasteiger partial charge is 0.145 e. The van der Waals surface area contributed by atoms with Gasteiger partial charge in [-0.2, -0.15) is 5.26 Å². The SMILES string of the molecule is Cc1ccc(-c2ccc(C=Nc3sc4c(c3C#N)CCCC4)o2)c(Br)c1. The molecule has 0 unspecified atom stereocenters. The molecule has 4 rings (SSSR count). The van der Waals surface area contributed by atoms with Crippen LogP contribution in [0.2, 0.25) is 0 Å². The molecule has 3 aromatic rings. The van der Waals surface area contributed by atoms with Gasteiger partial charge in [-0.15, -0.1) is 11.3 Å². The number of hydrogen-bond donors (Lipinski definition) is 0. The lowest BCUT2D eigenvalue weighted by Gasteiger charge is -2.09. The summed E-state index contributed by atoms with van der Waals surface area (Å²) in [6.07, 6.45) is 6.14. The van der Waals surface area contributed by atoms with Crippen LogP contribution in [0.1, 0.15) is 40.2 Å². The van der Waals surface area contributed by atoms with E-state index in [0.717, 1.165) is 45.6 Å². The zero-order valence-corrected chi connectivity index (χ0v) is 16.8.